The van der Waals surface area contributed by atoms with Crippen LogP contribution in [0.15, 0.2) is 46.9 Å². The SMILES string of the molecule is C[C@H]1CCc2c(sc3nc(C[NH+]4CCOCC4)nc(Oc4ccc5oc6ccccc6c5c4)c23)C1. The van der Waals surface area contributed by atoms with Crippen LogP contribution < -0.4 is 9.64 Å². The number of benzene rings is 2. The van der Waals surface area contributed by atoms with Crippen molar-refractivity contribution in [3.8, 4) is 11.6 Å². The van der Waals surface area contributed by atoms with Gasteiger partial charge in [0.15, 0.2) is 5.82 Å². The van der Waals surface area contributed by atoms with E-state index < -0.39 is 0 Å². The monoisotopic (exact) mass is 486 g/mol. The highest BCUT2D eigenvalue weighted by Gasteiger charge is 2.26. The highest BCUT2D eigenvalue weighted by Crippen LogP contribution is 2.42. The molecule has 0 spiro atoms. The van der Waals surface area contributed by atoms with Gasteiger partial charge in [-0.15, -0.1) is 11.3 Å². The molecule has 0 bridgehead atoms. The van der Waals surface area contributed by atoms with Gasteiger partial charge in [0, 0.05) is 15.6 Å². The third-order valence-corrected chi connectivity index (χ3v) is 8.49. The molecule has 0 amide bonds. The van der Waals surface area contributed by atoms with Crippen LogP contribution in [0.2, 0.25) is 0 Å². The first-order valence-corrected chi connectivity index (χ1v) is 13.3. The lowest BCUT2D eigenvalue weighted by molar-refractivity contribution is -0.922. The Labute approximate surface area is 207 Å². The Kier molecular flexibility index (Phi) is 5.23. The van der Waals surface area contributed by atoms with Gasteiger partial charge in [-0.05, 0) is 55.0 Å². The molecule has 1 N–H and O–H groups in total. The van der Waals surface area contributed by atoms with Crippen LogP contribution in [0.5, 0.6) is 11.6 Å². The number of rotatable bonds is 4. The maximum Gasteiger partial charge on any atom is 0.231 e. The van der Waals surface area contributed by atoms with Gasteiger partial charge in [-0.3, -0.25) is 0 Å². The molecular weight excluding hydrogens is 458 g/mol. The number of ether oxygens (including phenoxy) is 2. The number of nitrogens with one attached hydrogen (secondary N) is 1. The molecule has 7 rings (SSSR count). The van der Waals surface area contributed by atoms with Crippen molar-refractivity contribution in [2.45, 2.75) is 32.7 Å². The summed E-state index contributed by atoms with van der Waals surface area (Å²) in [4.78, 5) is 14.0. The van der Waals surface area contributed by atoms with Gasteiger partial charge >= 0.3 is 0 Å². The van der Waals surface area contributed by atoms with Gasteiger partial charge in [0.25, 0.3) is 0 Å². The third kappa shape index (κ3) is 3.88. The molecule has 1 aliphatic carbocycles. The molecule has 1 atom stereocenters. The van der Waals surface area contributed by atoms with Crippen LogP contribution in [0, 0.1) is 5.92 Å². The smallest absolute Gasteiger partial charge is 0.231 e. The second kappa shape index (κ2) is 8.59. The first-order valence-electron chi connectivity index (χ1n) is 12.5. The van der Waals surface area contributed by atoms with Crippen molar-refractivity contribution in [1.82, 2.24) is 9.97 Å². The fraction of sp³-hybridized carbons (Fsp3) is 0.357. The van der Waals surface area contributed by atoms with Crippen molar-refractivity contribution >= 4 is 43.5 Å². The third-order valence-electron chi connectivity index (χ3n) is 7.34. The van der Waals surface area contributed by atoms with Crippen LogP contribution in [0.4, 0.5) is 0 Å². The van der Waals surface area contributed by atoms with E-state index >= 15 is 0 Å². The lowest BCUT2D eigenvalue weighted by Crippen LogP contribution is -3.12. The Morgan fingerprint density at radius 3 is 2.83 bits per heavy atom. The number of fused-ring (bicyclic) bond motifs is 6. The van der Waals surface area contributed by atoms with Crippen LogP contribution in [0.3, 0.4) is 0 Å². The number of hydrogen-bond acceptors (Lipinski definition) is 6. The molecule has 1 fully saturated rings. The van der Waals surface area contributed by atoms with Crippen molar-refractivity contribution in [2.24, 2.45) is 5.92 Å². The molecule has 6 nitrogen and oxygen atoms in total. The fourth-order valence-corrected chi connectivity index (χ4v) is 6.84. The molecule has 0 radical (unpaired) electrons. The summed E-state index contributed by atoms with van der Waals surface area (Å²) in [6.07, 6.45) is 3.38. The Balaban J connectivity index is 1.32. The summed E-state index contributed by atoms with van der Waals surface area (Å²) >= 11 is 1.83. The summed E-state index contributed by atoms with van der Waals surface area (Å²) in [5, 5.41) is 3.26. The van der Waals surface area contributed by atoms with Crippen molar-refractivity contribution in [2.75, 3.05) is 26.3 Å². The van der Waals surface area contributed by atoms with E-state index in [1.54, 1.807) is 0 Å². The Morgan fingerprint density at radius 1 is 1.06 bits per heavy atom. The summed E-state index contributed by atoms with van der Waals surface area (Å²) < 4.78 is 18.1. The van der Waals surface area contributed by atoms with E-state index in [9.17, 15) is 0 Å². The van der Waals surface area contributed by atoms with E-state index in [2.05, 4.69) is 19.1 Å². The van der Waals surface area contributed by atoms with Crippen molar-refractivity contribution in [3.05, 3.63) is 58.7 Å². The molecule has 178 valence electrons. The van der Waals surface area contributed by atoms with E-state index in [1.165, 1.54) is 21.8 Å². The first-order chi connectivity index (χ1) is 17.2. The summed E-state index contributed by atoms with van der Waals surface area (Å²) in [5.41, 5.74) is 3.14. The number of furan rings is 1. The molecule has 2 aliphatic rings. The maximum absolute atomic E-state index is 6.58. The first kappa shape index (κ1) is 21.3. The van der Waals surface area contributed by atoms with Crippen LogP contribution in [0.1, 0.15) is 29.6 Å². The molecule has 1 aliphatic heterocycles. The summed E-state index contributed by atoms with van der Waals surface area (Å²) in [6, 6.07) is 14.2. The number of aryl methyl sites for hydroxylation is 1. The standard InChI is InChI=1S/C28H27N3O3S/c1-17-6-8-20-24(14-17)35-28-26(20)27(29-25(30-28)16-31-10-12-32-13-11-31)33-18-7-9-23-21(15-18)19-4-2-3-5-22(19)34-23/h2-5,7,9,15,17H,6,8,10-14,16H2,1H3/p+1/t17-/m0/s1. The van der Waals surface area contributed by atoms with Gasteiger partial charge in [0.1, 0.15) is 41.4 Å². The molecule has 0 unspecified atom stereocenters. The lowest BCUT2D eigenvalue weighted by Gasteiger charge is -2.23. The summed E-state index contributed by atoms with van der Waals surface area (Å²) in [6.45, 7) is 6.70. The van der Waals surface area contributed by atoms with E-state index in [-0.39, 0.29) is 0 Å². The van der Waals surface area contributed by atoms with Crippen molar-refractivity contribution < 1.29 is 18.8 Å². The highest BCUT2D eigenvalue weighted by atomic mass is 32.1. The van der Waals surface area contributed by atoms with Crippen LogP contribution in [-0.4, -0.2) is 36.3 Å². The zero-order chi connectivity index (χ0) is 23.4. The number of para-hydroxylation sites is 1. The quantitative estimate of drug-likeness (QED) is 0.391. The van der Waals surface area contributed by atoms with Crippen molar-refractivity contribution in [3.63, 3.8) is 0 Å². The average molecular weight is 487 g/mol. The normalized spacial score (nSPS) is 18.9. The van der Waals surface area contributed by atoms with Gasteiger partial charge in [0.2, 0.25) is 5.88 Å². The Bertz CT molecular complexity index is 1550. The topological polar surface area (TPSA) is 61.8 Å². The maximum atomic E-state index is 6.58. The molecule has 35 heavy (non-hydrogen) atoms. The minimum atomic E-state index is 0.692. The van der Waals surface area contributed by atoms with Gasteiger partial charge in [-0.1, -0.05) is 25.1 Å². The molecule has 0 saturated carbocycles. The lowest BCUT2D eigenvalue weighted by atomic mass is 9.89. The van der Waals surface area contributed by atoms with E-state index in [1.807, 2.05) is 41.7 Å². The number of aromatic nitrogens is 2. The minimum Gasteiger partial charge on any atom is -0.456 e. The van der Waals surface area contributed by atoms with Gasteiger partial charge < -0.3 is 18.8 Å². The van der Waals surface area contributed by atoms with E-state index in [4.69, 9.17) is 23.9 Å². The van der Waals surface area contributed by atoms with Gasteiger partial charge in [-0.2, -0.15) is 4.98 Å². The van der Waals surface area contributed by atoms with Crippen LogP contribution in [0.25, 0.3) is 32.2 Å². The predicted molar refractivity (Wildman–Crippen MR) is 138 cm³/mol. The van der Waals surface area contributed by atoms with Crippen LogP contribution >= 0.6 is 11.3 Å². The number of morpholine rings is 1. The highest BCUT2D eigenvalue weighted by molar-refractivity contribution is 7.18. The molecule has 7 heteroatoms. The van der Waals surface area contributed by atoms with Gasteiger partial charge in [0.05, 0.1) is 18.6 Å². The molecule has 3 aromatic heterocycles. The molecule has 1 saturated heterocycles. The second-order valence-electron chi connectivity index (χ2n) is 9.87. The predicted octanol–water partition coefficient (Wildman–Crippen LogP) is 4.92. The molecule has 5 aromatic rings. The Hall–Kier alpha value is -3.00. The number of hydrogen-bond donors (Lipinski definition) is 1. The molecule has 4 heterocycles. The zero-order valence-corrected chi connectivity index (χ0v) is 20.6. The second-order valence-corrected chi connectivity index (χ2v) is 11.0. The number of thiophene rings is 1. The summed E-state index contributed by atoms with van der Waals surface area (Å²) in [5.74, 6) is 3.03. The minimum absolute atomic E-state index is 0.692. The van der Waals surface area contributed by atoms with E-state index in [0.29, 0.717) is 11.8 Å². The fourth-order valence-electron chi connectivity index (χ4n) is 5.44. The Morgan fingerprint density at radius 2 is 1.91 bits per heavy atom. The molecule has 2 aromatic carbocycles. The summed E-state index contributed by atoms with van der Waals surface area (Å²) in [7, 11) is 0. The zero-order valence-electron chi connectivity index (χ0n) is 19.8. The van der Waals surface area contributed by atoms with E-state index in [0.717, 1.165) is 89.4 Å². The van der Waals surface area contributed by atoms with Crippen LogP contribution in [-0.2, 0) is 24.1 Å². The number of quaternary nitrogens is 1. The van der Waals surface area contributed by atoms with Crippen molar-refractivity contribution in [1.29, 1.82) is 0 Å². The average Bonchev–Trinajstić information content (AvgIpc) is 3.42. The molecular formula is C28H28N3O3S+. The van der Waals surface area contributed by atoms with Gasteiger partial charge in [-0.25, -0.2) is 4.98 Å². The number of nitrogens with zero attached hydrogens (tertiary/aromatic N) is 2. The largest absolute Gasteiger partial charge is 0.456 e.